The number of unbranched alkanes of at least 4 members (excludes halogenated alkanes) is 3. The Morgan fingerprint density at radius 1 is 0.816 bits per heavy atom. The summed E-state index contributed by atoms with van der Waals surface area (Å²) in [6, 6.07) is 9.22. The third kappa shape index (κ3) is 28.9. The number of aromatic nitrogens is 3. The van der Waals surface area contributed by atoms with Crippen LogP contribution in [0.3, 0.4) is 0 Å². The van der Waals surface area contributed by atoms with Gasteiger partial charge < -0.3 is 79.0 Å². The zero-order valence-corrected chi connectivity index (χ0v) is 71.5. The van der Waals surface area contributed by atoms with Crippen LogP contribution in [0.2, 0.25) is 0 Å². The second-order valence-corrected chi connectivity index (χ2v) is 40.2. The Morgan fingerprint density at radius 2 is 1.49 bits per heavy atom. The Bertz CT molecular complexity index is 4680. The Kier molecular flexibility index (Phi) is 36.4. The summed E-state index contributed by atoms with van der Waals surface area (Å²) in [6.45, 7) is 18.4. The molecule has 37 nitrogen and oxygen atoms in total. The van der Waals surface area contributed by atoms with Crippen molar-refractivity contribution in [2.75, 3.05) is 114 Å². The molecule has 3 aliphatic heterocycles. The molecule has 3 aliphatic rings. The van der Waals surface area contributed by atoms with Gasteiger partial charge in [0, 0.05) is 102 Å². The first-order valence-corrected chi connectivity index (χ1v) is 48.1. The molecule has 0 aliphatic carbocycles. The molecule has 0 bridgehead atoms. The second-order valence-electron chi connectivity index (χ2n) is 27.1. The number of aromatic amines is 1. The number of fused-ring (bicyclic) bond motifs is 3. The summed E-state index contributed by atoms with van der Waals surface area (Å²) in [5, 5.41) is 8.06. The van der Waals surface area contributed by atoms with Gasteiger partial charge in [0.15, 0.2) is 11.4 Å². The SMILES string of the molecule is CCSSCO[C@H]1C[C@H](n2cc(C#CCNC(=O)OCCCCOCSSC(C)(C)CCOC(=O)NCCOCCOCCNC(=O)CCCCC[N+]3=C(/C=C/C=C/C=C4\N(CC)c5ccc(S(=O)(=O)O)cc5C4(C)C)C(C)(C)c4cc(S(=O)(=O)O)ccc43)c3c(=O)[nH]c(N)nc32)O[C@@H]1CO[P@@](=O)(O)OP(=O)(N=O)OP(=O)(O)O. The number of allylic oxidation sites excluding steroid dienone is 6. The molecule has 7 rings (SSSR count). The number of benzene rings is 2. The molecule has 3 amide bonds. The van der Waals surface area contributed by atoms with Crippen molar-refractivity contribution >= 4 is 139 Å². The normalized spacial score (nSPS) is 18.2. The van der Waals surface area contributed by atoms with Gasteiger partial charge in [0.25, 0.3) is 25.8 Å². The number of carbonyl (C=O) groups excluding carboxylic acids is 3. The average Bonchev–Trinajstić information content (AvgIpc) is 1.59. The molecule has 0 radical (unpaired) electrons. The summed E-state index contributed by atoms with van der Waals surface area (Å²) in [5.41, 5.74) is 9.21. The van der Waals surface area contributed by atoms with E-state index in [4.69, 9.17) is 53.2 Å². The highest BCUT2D eigenvalue weighted by atomic mass is 33.1. The van der Waals surface area contributed by atoms with Crippen LogP contribution in [0, 0.1) is 16.7 Å². The molecular formula is C68H98N10O27P3S6+. The van der Waals surface area contributed by atoms with Gasteiger partial charge in [0.05, 0.1) is 85.1 Å². The van der Waals surface area contributed by atoms with Crippen molar-refractivity contribution in [3.05, 3.63) is 111 Å². The van der Waals surface area contributed by atoms with Crippen molar-refractivity contribution in [3.63, 3.8) is 0 Å². The Labute approximate surface area is 676 Å². The number of hydrogen-bond acceptors (Lipinski definition) is 29. The predicted molar refractivity (Wildman–Crippen MR) is 433 cm³/mol. The lowest BCUT2D eigenvalue weighted by Gasteiger charge is -2.25. The van der Waals surface area contributed by atoms with Crippen LogP contribution in [-0.4, -0.2) is 204 Å². The van der Waals surface area contributed by atoms with E-state index >= 15 is 0 Å². The van der Waals surface area contributed by atoms with E-state index in [2.05, 4.69) is 55.9 Å². The number of nitrogens with one attached hydrogen (secondary N) is 4. The molecule has 0 saturated carbocycles. The summed E-state index contributed by atoms with van der Waals surface area (Å²) >= 11 is 0. The van der Waals surface area contributed by atoms with Crippen molar-refractivity contribution < 1.29 is 120 Å². The van der Waals surface area contributed by atoms with Gasteiger partial charge in [-0.1, -0.05) is 94.0 Å². The Hall–Kier alpha value is -6.01. The lowest BCUT2D eigenvalue weighted by atomic mass is 9.81. The molecule has 46 heteroatoms. The molecule has 114 heavy (non-hydrogen) atoms. The van der Waals surface area contributed by atoms with Crippen LogP contribution in [0.4, 0.5) is 26.9 Å². The third-order valence-corrected chi connectivity index (χ3v) is 28.4. The number of hydrogen-bond donors (Lipinski definition) is 10. The van der Waals surface area contributed by atoms with Gasteiger partial charge in [-0.2, -0.15) is 35.0 Å². The van der Waals surface area contributed by atoms with Gasteiger partial charge >= 0.3 is 35.6 Å². The van der Waals surface area contributed by atoms with E-state index in [1.165, 1.54) is 67.4 Å². The fourth-order valence-corrected chi connectivity index (χ4v) is 20.0. The summed E-state index contributed by atoms with van der Waals surface area (Å²) in [6.07, 6.45) is 10.7. The van der Waals surface area contributed by atoms with Crippen LogP contribution < -0.4 is 32.1 Å². The van der Waals surface area contributed by atoms with E-state index < -0.39 is 97.2 Å². The molecule has 5 atom stereocenters. The number of alkyl carbamates (subject to hydrolysis) is 2. The quantitative estimate of drug-likeness (QED) is 0.00226. The maximum absolute atomic E-state index is 13.2. The molecular weight excluding hydrogens is 1670 g/mol. The van der Waals surface area contributed by atoms with Crippen LogP contribution in [0.5, 0.6) is 0 Å². The number of ether oxygens (including phenoxy) is 7. The Morgan fingerprint density at radius 3 is 2.18 bits per heavy atom. The summed E-state index contributed by atoms with van der Waals surface area (Å²) in [4.78, 5) is 100. The monoisotopic (exact) mass is 1770 g/mol. The van der Waals surface area contributed by atoms with Crippen molar-refractivity contribution in [1.29, 1.82) is 0 Å². The number of H-pyrrole nitrogens is 1. The number of anilines is 2. The third-order valence-electron chi connectivity index (χ3n) is 17.6. The highest BCUT2D eigenvalue weighted by molar-refractivity contribution is 8.77. The van der Waals surface area contributed by atoms with Crippen molar-refractivity contribution in [1.82, 2.24) is 30.5 Å². The number of rotatable bonds is 48. The van der Waals surface area contributed by atoms with Gasteiger partial charge in [-0.05, 0) is 109 Å². The summed E-state index contributed by atoms with van der Waals surface area (Å²) < 4.78 is 160. The van der Waals surface area contributed by atoms with E-state index in [0.717, 1.165) is 52.5 Å². The largest absolute Gasteiger partial charge is 0.507 e. The van der Waals surface area contributed by atoms with Gasteiger partial charge in [-0.3, -0.25) is 28.2 Å². The number of nitroso groups, excluding NO2 is 1. The maximum atomic E-state index is 13.2. The van der Waals surface area contributed by atoms with E-state index in [1.807, 2.05) is 90.7 Å². The van der Waals surface area contributed by atoms with Gasteiger partial charge in [0.1, 0.15) is 30.8 Å². The van der Waals surface area contributed by atoms with Crippen LogP contribution in [0.15, 0.2) is 98.2 Å². The Balaban J connectivity index is 0.705. The molecule has 4 aromatic rings. The number of likely N-dealkylation sites (N-methyl/N-ethyl adjacent to an activating group) is 1. The predicted octanol–water partition coefficient (Wildman–Crippen LogP) is 10.7. The minimum Gasteiger partial charge on any atom is -0.450 e. The van der Waals surface area contributed by atoms with Gasteiger partial charge in [0.2, 0.25) is 17.5 Å². The fourth-order valence-electron chi connectivity index (χ4n) is 12.2. The molecule has 1 saturated heterocycles. The van der Waals surface area contributed by atoms with Crippen molar-refractivity contribution in [2.45, 2.75) is 151 Å². The highest BCUT2D eigenvalue weighted by Gasteiger charge is 2.48. The molecule has 2 aromatic heterocycles. The molecule has 1 unspecified atom stereocenters. The van der Waals surface area contributed by atoms with Crippen LogP contribution in [-0.2, 0) is 95.9 Å². The van der Waals surface area contributed by atoms with Crippen LogP contribution in [0.25, 0.3) is 11.0 Å². The average molecular weight is 1770 g/mol. The topological polar surface area (TPSA) is 513 Å². The van der Waals surface area contributed by atoms with Crippen molar-refractivity contribution in [3.8, 4) is 11.8 Å². The molecule has 5 heterocycles. The van der Waals surface area contributed by atoms with E-state index in [1.54, 1.807) is 22.9 Å². The van der Waals surface area contributed by atoms with Crippen LogP contribution in [0.1, 0.15) is 130 Å². The van der Waals surface area contributed by atoms with Gasteiger partial charge in [-0.25, -0.2) is 23.3 Å². The van der Waals surface area contributed by atoms with Crippen LogP contribution >= 0.6 is 66.6 Å². The zero-order chi connectivity index (χ0) is 83.7. The van der Waals surface area contributed by atoms with E-state index in [0.29, 0.717) is 64.3 Å². The maximum Gasteiger partial charge on any atom is 0.507 e. The van der Waals surface area contributed by atoms with E-state index in [9.17, 15) is 68.6 Å². The molecule has 11 N–H and O–H groups in total. The van der Waals surface area contributed by atoms with E-state index in [-0.39, 0.29) is 108 Å². The smallest absolute Gasteiger partial charge is 0.450 e. The lowest BCUT2D eigenvalue weighted by molar-refractivity contribution is -0.438. The first-order chi connectivity index (χ1) is 53.7. The number of amides is 3. The molecule has 632 valence electrons. The number of nitrogens with two attached hydrogens (primary N) is 1. The second kappa shape index (κ2) is 43.6. The fraction of sp³-hybridized carbons (Fsp3) is 0.559. The number of carbonyl (C=O) groups is 3. The zero-order valence-electron chi connectivity index (χ0n) is 64.0. The summed E-state index contributed by atoms with van der Waals surface area (Å²) in [5.74, 6) is 6.44. The number of phosphoric ester groups is 1. The molecule has 0 spiro atoms. The highest BCUT2D eigenvalue weighted by Crippen LogP contribution is 2.69. The van der Waals surface area contributed by atoms with Crippen molar-refractivity contribution in [2.24, 2.45) is 4.95 Å². The number of nitrogens with zero attached hydrogens (tertiary/aromatic N) is 5. The molecule has 2 aromatic carbocycles. The van der Waals surface area contributed by atoms with Gasteiger partial charge in [-0.15, -0.1) is 4.91 Å². The minimum absolute atomic E-state index is 0.000112. The number of phosphoric acid groups is 2. The molecule has 1 fully saturated rings. The first kappa shape index (κ1) is 95.1. The minimum atomic E-state index is -5.74. The summed E-state index contributed by atoms with van der Waals surface area (Å²) in [7, 11) is -20.0. The first-order valence-electron chi connectivity index (χ1n) is 35.9. The number of nitrogen functional groups attached to an aromatic ring is 1. The standard InChI is InChI=1S/C68H97N10O27P3S6/c1-9-76-52-26-24-48(113(90,91)92)40-50(52)67(5,6)56(76)21-13-11-14-22-57-68(7,8)51-41-49(114(93,94)95)25-27-53(51)77(57)32-16-12-15-23-58(79)70-30-36-96-38-39-97-37-31-72-65(82)100-35-28-66(3,4)112-111-45-98-33-17-18-34-99-64(81)71-29-19-20-47-43-78(61-60(47)62(80)74-63(69)73-61)59-42-54(101-46-110-109-10-2)55(103-59)44-102-108(88,89)105-106(84,75-83)104-107(85,86)87/h11,13-14,21-22,24-27,40-41,43,54-55,59H,9-10,12,15-18,23,28-39,42,44-46H2,1-8H3,(H10-,69,70,71,72,73,74,79,80,81,82,85,86,87,88,89,90,91,92,93,94,95)/p+1/t54-,55+,59+,106?/m0/s1. The lowest BCUT2D eigenvalue weighted by Crippen LogP contribution is -2.30.